The lowest BCUT2D eigenvalue weighted by Crippen LogP contribution is -2.07. The van der Waals surface area contributed by atoms with Gasteiger partial charge in [-0.1, -0.05) is 51.0 Å². The zero-order chi connectivity index (χ0) is 14.6. The predicted molar refractivity (Wildman–Crippen MR) is 86.2 cm³/mol. The summed E-state index contributed by atoms with van der Waals surface area (Å²) in [5.74, 6) is 0.924. The lowest BCUT2D eigenvalue weighted by molar-refractivity contribution is 0.110. The van der Waals surface area contributed by atoms with Crippen LogP contribution in [-0.2, 0) is 4.74 Å². The summed E-state index contributed by atoms with van der Waals surface area (Å²) in [6.45, 7) is 10.4. The Morgan fingerprint density at radius 1 is 1.05 bits per heavy atom. The van der Waals surface area contributed by atoms with E-state index in [9.17, 15) is 0 Å². The number of ether oxygens (including phenoxy) is 2. The Hall–Kier alpha value is -1.28. The zero-order valence-corrected chi connectivity index (χ0v) is 13.0. The van der Waals surface area contributed by atoms with Crippen molar-refractivity contribution >= 4 is 5.57 Å². The smallest absolute Gasteiger partial charge is 0.126 e. The summed E-state index contributed by atoms with van der Waals surface area (Å²) in [4.78, 5) is 0. The van der Waals surface area contributed by atoms with E-state index in [0.29, 0.717) is 13.2 Å². The molecule has 0 saturated carbocycles. The van der Waals surface area contributed by atoms with Gasteiger partial charge in [-0.2, -0.15) is 0 Å². The van der Waals surface area contributed by atoms with Crippen molar-refractivity contribution in [3.05, 3.63) is 36.4 Å². The van der Waals surface area contributed by atoms with Crippen molar-refractivity contribution in [1.82, 2.24) is 0 Å². The maximum absolute atomic E-state index is 5.80. The van der Waals surface area contributed by atoms with Gasteiger partial charge in [0.2, 0.25) is 0 Å². The molecular formula is C18H28O2. The second-order valence-corrected chi connectivity index (χ2v) is 4.96. The third kappa shape index (κ3) is 6.25. The van der Waals surface area contributed by atoms with Gasteiger partial charge >= 0.3 is 0 Å². The molecule has 0 radical (unpaired) electrons. The van der Waals surface area contributed by atoms with E-state index in [2.05, 4.69) is 19.6 Å². The number of para-hydroxylation sites is 1. The fraction of sp³-hybridized carbons (Fsp3) is 0.556. The van der Waals surface area contributed by atoms with E-state index in [4.69, 9.17) is 9.47 Å². The number of hydrogen-bond acceptors (Lipinski definition) is 2. The summed E-state index contributed by atoms with van der Waals surface area (Å²) >= 11 is 0. The second kappa shape index (κ2) is 10.5. The molecule has 1 aromatic carbocycles. The molecule has 0 amide bonds. The van der Waals surface area contributed by atoms with E-state index in [-0.39, 0.29) is 0 Å². The van der Waals surface area contributed by atoms with E-state index in [1.54, 1.807) is 0 Å². The van der Waals surface area contributed by atoms with Crippen LogP contribution in [0.4, 0.5) is 0 Å². The molecule has 2 heteroatoms. The van der Waals surface area contributed by atoms with Crippen molar-refractivity contribution in [3.8, 4) is 5.75 Å². The summed E-state index contributed by atoms with van der Waals surface area (Å²) in [5.41, 5.74) is 2.31. The second-order valence-electron chi connectivity index (χ2n) is 4.96. The maximum atomic E-state index is 5.80. The van der Waals surface area contributed by atoms with Crippen LogP contribution in [0.2, 0.25) is 0 Å². The van der Waals surface area contributed by atoms with Crippen LogP contribution < -0.4 is 4.74 Å². The molecule has 0 unspecified atom stereocenters. The lowest BCUT2D eigenvalue weighted by atomic mass is 10.00. The van der Waals surface area contributed by atoms with E-state index in [0.717, 1.165) is 24.3 Å². The SMILES string of the molecule is C=C(CCCCCC)c1ccccc1OCCOCC. The number of allylic oxidation sites excluding steroid dienone is 1. The molecule has 0 aliphatic carbocycles. The van der Waals surface area contributed by atoms with Gasteiger partial charge < -0.3 is 9.47 Å². The summed E-state index contributed by atoms with van der Waals surface area (Å²) in [7, 11) is 0. The molecule has 2 nitrogen and oxygen atoms in total. The van der Waals surface area contributed by atoms with Crippen molar-refractivity contribution in [1.29, 1.82) is 0 Å². The first-order chi connectivity index (χ1) is 9.79. The average molecular weight is 276 g/mol. The minimum Gasteiger partial charge on any atom is -0.491 e. The van der Waals surface area contributed by atoms with Crippen LogP contribution in [0.25, 0.3) is 5.57 Å². The highest BCUT2D eigenvalue weighted by atomic mass is 16.5. The molecule has 0 fully saturated rings. The van der Waals surface area contributed by atoms with Gasteiger partial charge in [0.1, 0.15) is 12.4 Å². The van der Waals surface area contributed by atoms with Crippen LogP contribution in [0.5, 0.6) is 5.75 Å². The van der Waals surface area contributed by atoms with Gasteiger partial charge in [-0.05, 0) is 31.4 Å². The van der Waals surface area contributed by atoms with E-state index in [1.807, 2.05) is 25.1 Å². The number of rotatable bonds is 11. The molecule has 0 aliphatic heterocycles. The van der Waals surface area contributed by atoms with Crippen LogP contribution in [0, 0.1) is 0 Å². The van der Waals surface area contributed by atoms with Crippen LogP contribution in [0.1, 0.15) is 51.5 Å². The topological polar surface area (TPSA) is 18.5 Å². The highest BCUT2D eigenvalue weighted by molar-refractivity contribution is 5.68. The molecule has 0 heterocycles. The van der Waals surface area contributed by atoms with Crippen molar-refractivity contribution < 1.29 is 9.47 Å². The van der Waals surface area contributed by atoms with Crippen LogP contribution in [-0.4, -0.2) is 19.8 Å². The molecule has 0 aliphatic rings. The van der Waals surface area contributed by atoms with E-state index in [1.165, 1.54) is 31.3 Å². The standard InChI is InChI=1S/C18H28O2/c1-4-6-7-8-11-16(3)17-12-9-10-13-18(17)20-15-14-19-5-2/h9-10,12-13H,3-8,11,14-15H2,1-2H3. The van der Waals surface area contributed by atoms with Gasteiger partial charge in [-0.25, -0.2) is 0 Å². The van der Waals surface area contributed by atoms with Gasteiger partial charge in [0.05, 0.1) is 6.61 Å². The molecule has 0 spiro atoms. The van der Waals surface area contributed by atoms with Crippen molar-refractivity contribution in [2.24, 2.45) is 0 Å². The fourth-order valence-electron chi connectivity index (χ4n) is 2.14. The minimum atomic E-state index is 0.591. The van der Waals surface area contributed by atoms with Gasteiger partial charge in [0.15, 0.2) is 0 Å². The highest BCUT2D eigenvalue weighted by Crippen LogP contribution is 2.28. The Bertz CT molecular complexity index is 385. The minimum absolute atomic E-state index is 0.591. The average Bonchev–Trinajstić information content (AvgIpc) is 2.48. The largest absolute Gasteiger partial charge is 0.491 e. The van der Waals surface area contributed by atoms with E-state index >= 15 is 0 Å². The quantitative estimate of drug-likeness (QED) is 0.524. The third-order valence-electron chi connectivity index (χ3n) is 3.29. The van der Waals surface area contributed by atoms with Crippen molar-refractivity contribution in [2.45, 2.75) is 46.0 Å². The first-order valence-corrected chi connectivity index (χ1v) is 7.77. The zero-order valence-electron chi connectivity index (χ0n) is 13.0. The molecule has 0 N–H and O–H groups in total. The first-order valence-electron chi connectivity index (χ1n) is 7.77. The van der Waals surface area contributed by atoms with Crippen molar-refractivity contribution in [3.63, 3.8) is 0 Å². The first kappa shape index (κ1) is 16.8. The number of hydrogen-bond donors (Lipinski definition) is 0. The molecule has 1 aromatic rings. The summed E-state index contributed by atoms with van der Waals surface area (Å²) < 4.78 is 11.1. The summed E-state index contributed by atoms with van der Waals surface area (Å²) in [6.07, 6.45) is 6.11. The number of benzene rings is 1. The van der Waals surface area contributed by atoms with Crippen LogP contribution >= 0.6 is 0 Å². The maximum Gasteiger partial charge on any atom is 0.126 e. The fourth-order valence-corrected chi connectivity index (χ4v) is 2.14. The van der Waals surface area contributed by atoms with Gasteiger partial charge in [0, 0.05) is 12.2 Å². The molecule has 20 heavy (non-hydrogen) atoms. The molecule has 0 aromatic heterocycles. The summed E-state index contributed by atoms with van der Waals surface area (Å²) in [5, 5.41) is 0. The molecule has 0 bridgehead atoms. The van der Waals surface area contributed by atoms with E-state index < -0.39 is 0 Å². The third-order valence-corrected chi connectivity index (χ3v) is 3.29. The Kier molecular flexibility index (Phi) is 8.81. The van der Waals surface area contributed by atoms with Gasteiger partial charge in [0.25, 0.3) is 0 Å². The van der Waals surface area contributed by atoms with Gasteiger partial charge in [-0.3, -0.25) is 0 Å². The van der Waals surface area contributed by atoms with Crippen LogP contribution in [0.3, 0.4) is 0 Å². The monoisotopic (exact) mass is 276 g/mol. The van der Waals surface area contributed by atoms with Gasteiger partial charge in [-0.15, -0.1) is 0 Å². The van der Waals surface area contributed by atoms with Crippen molar-refractivity contribution in [2.75, 3.05) is 19.8 Å². The number of unbranched alkanes of at least 4 members (excludes halogenated alkanes) is 3. The molecular weight excluding hydrogens is 248 g/mol. The lowest BCUT2D eigenvalue weighted by Gasteiger charge is -2.13. The predicted octanol–water partition coefficient (Wildman–Crippen LogP) is 5.09. The Morgan fingerprint density at radius 2 is 1.85 bits per heavy atom. The molecule has 0 atom stereocenters. The molecule has 112 valence electrons. The Balaban J connectivity index is 2.48. The normalized spacial score (nSPS) is 10.5. The Morgan fingerprint density at radius 3 is 2.60 bits per heavy atom. The highest BCUT2D eigenvalue weighted by Gasteiger charge is 2.06. The Labute approximate surface area is 123 Å². The summed E-state index contributed by atoms with van der Waals surface area (Å²) in [6, 6.07) is 8.16. The van der Waals surface area contributed by atoms with Crippen LogP contribution in [0.15, 0.2) is 30.8 Å². The molecule has 1 rings (SSSR count). The molecule has 0 saturated heterocycles.